The molecule has 0 radical (unpaired) electrons. The van der Waals surface area contributed by atoms with Gasteiger partial charge in [0.25, 0.3) is 0 Å². The zero-order valence-electron chi connectivity index (χ0n) is 12.2. The van der Waals surface area contributed by atoms with Crippen LogP contribution in [0.5, 0.6) is 0 Å². The van der Waals surface area contributed by atoms with Crippen LogP contribution in [0.3, 0.4) is 0 Å². The molecule has 0 amide bonds. The lowest BCUT2D eigenvalue weighted by atomic mass is 9.78. The summed E-state index contributed by atoms with van der Waals surface area (Å²) in [5, 5.41) is 3.70. The summed E-state index contributed by atoms with van der Waals surface area (Å²) >= 11 is 0. The third kappa shape index (κ3) is 4.22. The van der Waals surface area contributed by atoms with E-state index in [9.17, 15) is 0 Å². The van der Waals surface area contributed by atoms with Crippen LogP contribution in [0.25, 0.3) is 0 Å². The fraction of sp³-hybridized carbons (Fsp3) is 1.00. The summed E-state index contributed by atoms with van der Waals surface area (Å²) < 4.78 is 5.55. The summed E-state index contributed by atoms with van der Waals surface area (Å²) in [6.45, 7) is 11.3. The summed E-state index contributed by atoms with van der Waals surface area (Å²) in [5.41, 5.74) is 0. The summed E-state index contributed by atoms with van der Waals surface area (Å²) in [5.74, 6) is 1.75. The highest BCUT2D eigenvalue weighted by atomic mass is 16.5. The first-order valence-electron chi connectivity index (χ1n) is 7.83. The van der Waals surface area contributed by atoms with Crippen molar-refractivity contribution in [2.24, 2.45) is 11.8 Å². The van der Waals surface area contributed by atoms with Crippen LogP contribution in [-0.2, 0) is 4.74 Å². The predicted molar refractivity (Wildman–Crippen MR) is 75.8 cm³/mol. The van der Waals surface area contributed by atoms with Crippen molar-refractivity contribution in [1.82, 2.24) is 10.2 Å². The number of hydrogen-bond donors (Lipinski definition) is 1. The molecule has 18 heavy (non-hydrogen) atoms. The van der Waals surface area contributed by atoms with Gasteiger partial charge in [-0.15, -0.1) is 0 Å². The number of rotatable bonds is 4. The van der Waals surface area contributed by atoms with Crippen LogP contribution < -0.4 is 5.32 Å². The van der Waals surface area contributed by atoms with Crippen molar-refractivity contribution in [3.8, 4) is 0 Å². The Balaban J connectivity index is 1.86. The smallest absolute Gasteiger partial charge is 0.0593 e. The van der Waals surface area contributed by atoms with Gasteiger partial charge in [0.1, 0.15) is 0 Å². The maximum absolute atomic E-state index is 5.55. The lowest BCUT2D eigenvalue weighted by molar-refractivity contribution is 0.123. The summed E-state index contributed by atoms with van der Waals surface area (Å²) in [6.07, 6.45) is 5.37. The summed E-state index contributed by atoms with van der Waals surface area (Å²) in [6, 6.07) is 0.746. The highest BCUT2D eigenvalue weighted by Gasteiger charge is 2.29. The molecular weight excluding hydrogens is 224 g/mol. The van der Waals surface area contributed by atoms with E-state index < -0.39 is 0 Å². The molecule has 0 aromatic rings. The van der Waals surface area contributed by atoms with E-state index in [0.29, 0.717) is 0 Å². The average molecular weight is 254 g/mol. The predicted octanol–water partition coefficient (Wildman–Crippen LogP) is 2.12. The van der Waals surface area contributed by atoms with Crippen molar-refractivity contribution in [2.75, 3.05) is 39.4 Å². The van der Waals surface area contributed by atoms with Crippen molar-refractivity contribution >= 4 is 0 Å². The van der Waals surface area contributed by atoms with Crippen LogP contribution in [0.4, 0.5) is 0 Å². The number of hydrogen-bond acceptors (Lipinski definition) is 3. The molecule has 1 saturated heterocycles. The molecule has 3 nitrogen and oxygen atoms in total. The molecule has 0 aromatic carbocycles. The van der Waals surface area contributed by atoms with E-state index in [1.54, 1.807) is 0 Å². The van der Waals surface area contributed by atoms with Gasteiger partial charge in [-0.3, -0.25) is 0 Å². The Morgan fingerprint density at radius 2 is 2.11 bits per heavy atom. The second kappa shape index (κ2) is 7.46. The van der Waals surface area contributed by atoms with Crippen molar-refractivity contribution < 1.29 is 4.74 Å². The highest BCUT2D eigenvalue weighted by molar-refractivity contribution is 4.85. The van der Waals surface area contributed by atoms with E-state index in [2.05, 4.69) is 24.1 Å². The van der Waals surface area contributed by atoms with E-state index in [-0.39, 0.29) is 0 Å². The summed E-state index contributed by atoms with van der Waals surface area (Å²) in [7, 11) is 0. The molecule has 0 aromatic heterocycles. The Labute approximate surface area is 112 Å². The summed E-state index contributed by atoms with van der Waals surface area (Å²) in [4.78, 5) is 2.63. The van der Waals surface area contributed by atoms with Crippen LogP contribution >= 0.6 is 0 Å². The second-order valence-electron chi connectivity index (χ2n) is 6.11. The van der Waals surface area contributed by atoms with E-state index in [1.165, 1.54) is 38.8 Å². The van der Waals surface area contributed by atoms with Crippen molar-refractivity contribution in [3.05, 3.63) is 0 Å². The molecular formula is C15H30N2O. The minimum absolute atomic E-state index is 0.746. The van der Waals surface area contributed by atoms with E-state index >= 15 is 0 Å². The first-order chi connectivity index (χ1) is 8.79. The molecule has 2 aliphatic rings. The zero-order valence-corrected chi connectivity index (χ0v) is 12.2. The molecule has 3 atom stereocenters. The standard InChI is InChI=1S/C15H30N2O/c1-3-16-15-6-5-13(2)11-14(15)12-17-7-4-9-18-10-8-17/h13-16H,3-12H2,1-2H3. The van der Waals surface area contributed by atoms with Gasteiger partial charge in [-0.25, -0.2) is 0 Å². The maximum atomic E-state index is 5.55. The maximum Gasteiger partial charge on any atom is 0.0593 e. The van der Waals surface area contributed by atoms with E-state index in [1.807, 2.05) is 0 Å². The van der Waals surface area contributed by atoms with Crippen LogP contribution in [0.2, 0.25) is 0 Å². The minimum atomic E-state index is 0.746. The Morgan fingerprint density at radius 3 is 2.94 bits per heavy atom. The monoisotopic (exact) mass is 254 g/mol. The normalized spacial score (nSPS) is 35.3. The van der Waals surface area contributed by atoms with Crippen LogP contribution in [0, 0.1) is 11.8 Å². The Morgan fingerprint density at radius 1 is 1.22 bits per heavy atom. The number of ether oxygens (including phenoxy) is 1. The Hall–Kier alpha value is -0.120. The minimum Gasteiger partial charge on any atom is -0.380 e. The average Bonchev–Trinajstić information content (AvgIpc) is 2.61. The second-order valence-corrected chi connectivity index (χ2v) is 6.11. The zero-order chi connectivity index (χ0) is 12.8. The van der Waals surface area contributed by atoms with Gasteiger partial charge in [0.05, 0.1) is 6.61 Å². The van der Waals surface area contributed by atoms with Gasteiger partial charge in [-0.2, -0.15) is 0 Å². The lowest BCUT2D eigenvalue weighted by Crippen LogP contribution is -2.46. The molecule has 1 saturated carbocycles. The van der Waals surface area contributed by atoms with Crippen LogP contribution in [0.1, 0.15) is 39.5 Å². The first kappa shape index (κ1) is 14.3. The first-order valence-corrected chi connectivity index (χ1v) is 7.83. The van der Waals surface area contributed by atoms with Gasteiger partial charge in [0.2, 0.25) is 0 Å². The van der Waals surface area contributed by atoms with E-state index in [0.717, 1.165) is 44.2 Å². The van der Waals surface area contributed by atoms with Crippen molar-refractivity contribution in [2.45, 2.75) is 45.6 Å². The molecule has 2 rings (SSSR count). The third-order valence-electron chi connectivity index (χ3n) is 4.52. The lowest BCUT2D eigenvalue weighted by Gasteiger charge is -2.38. The number of nitrogens with zero attached hydrogens (tertiary/aromatic N) is 1. The molecule has 2 fully saturated rings. The number of nitrogens with one attached hydrogen (secondary N) is 1. The molecule has 0 spiro atoms. The third-order valence-corrected chi connectivity index (χ3v) is 4.52. The molecule has 3 unspecified atom stereocenters. The van der Waals surface area contributed by atoms with Gasteiger partial charge >= 0.3 is 0 Å². The molecule has 1 N–H and O–H groups in total. The van der Waals surface area contributed by atoms with Crippen LogP contribution in [0.15, 0.2) is 0 Å². The van der Waals surface area contributed by atoms with Gasteiger partial charge in [0, 0.05) is 32.3 Å². The van der Waals surface area contributed by atoms with Crippen LogP contribution in [-0.4, -0.2) is 50.3 Å². The van der Waals surface area contributed by atoms with Gasteiger partial charge in [-0.05, 0) is 44.1 Å². The van der Waals surface area contributed by atoms with Crippen molar-refractivity contribution in [3.63, 3.8) is 0 Å². The van der Waals surface area contributed by atoms with Crippen molar-refractivity contribution in [1.29, 1.82) is 0 Å². The van der Waals surface area contributed by atoms with E-state index in [4.69, 9.17) is 4.74 Å². The quantitative estimate of drug-likeness (QED) is 0.832. The Bertz CT molecular complexity index is 227. The van der Waals surface area contributed by atoms with Gasteiger partial charge in [0.15, 0.2) is 0 Å². The molecule has 3 heteroatoms. The molecule has 1 aliphatic carbocycles. The largest absolute Gasteiger partial charge is 0.380 e. The SMILES string of the molecule is CCNC1CCC(C)CC1CN1CCCOCC1. The molecule has 1 heterocycles. The molecule has 106 valence electrons. The van der Waals surface area contributed by atoms with Gasteiger partial charge < -0.3 is 15.0 Å². The fourth-order valence-corrected chi connectivity index (χ4v) is 3.54. The topological polar surface area (TPSA) is 24.5 Å². The van der Waals surface area contributed by atoms with Gasteiger partial charge in [-0.1, -0.05) is 13.8 Å². The molecule has 0 bridgehead atoms. The highest BCUT2D eigenvalue weighted by Crippen LogP contribution is 2.29. The fourth-order valence-electron chi connectivity index (χ4n) is 3.54. The molecule has 1 aliphatic heterocycles. The Kier molecular flexibility index (Phi) is 5.93.